The van der Waals surface area contributed by atoms with E-state index in [2.05, 4.69) is 0 Å². The van der Waals surface area contributed by atoms with Crippen LogP contribution in [0.1, 0.15) is 13.3 Å². The number of aliphatic carboxylic acids is 4. The van der Waals surface area contributed by atoms with Crippen molar-refractivity contribution in [2.75, 3.05) is 6.54 Å². The predicted molar refractivity (Wildman–Crippen MR) is 61.1 cm³/mol. The van der Waals surface area contributed by atoms with Crippen LogP contribution >= 0.6 is 0 Å². The molecule has 0 aliphatic carbocycles. The average molecular weight is 293 g/mol. The van der Waals surface area contributed by atoms with Gasteiger partial charge in [0.25, 0.3) is 0 Å². The van der Waals surface area contributed by atoms with Crippen molar-refractivity contribution in [3.05, 3.63) is 0 Å². The second-order valence-electron chi connectivity index (χ2n) is 3.85. The number of carboxylic acid groups (broad SMARTS) is 4. The number of nitrogens with zero attached hydrogens (tertiary/aromatic N) is 1. The van der Waals surface area contributed by atoms with Crippen LogP contribution in [-0.2, 0) is 19.2 Å². The van der Waals surface area contributed by atoms with E-state index >= 15 is 0 Å². The van der Waals surface area contributed by atoms with Crippen LogP contribution in [0.2, 0.25) is 0 Å². The Morgan fingerprint density at radius 2 is 1.45 bits per heavy atom. The first-order chi connectivity index (χ1) is 9.13. The molecule has 0 rings (SSSR count). The summed E-state index contributed by atoms with van der Waals surface area (Å²) in [6.07, 6.45) is -3.32. The van der Waals surface area contributed by atoms with Gasteiger partial charge in [-0.05, 0) is 6.54 Å². The Hall–Kier alpha value is -2.20. The molecule has 0 bridgehead atoms. The summed E-state index contributed by atoms with van der Waals surface area (Å²) in [6, 6.07) is -3.84. The molecule has 0 aromatic rings. The largest absolute Gasteiger partial charge is 0.481 e. The van der Waals surface area contributed by atoms with Gasteiger partial charge in [-0.15, -0.1) is 0 Å². The maximum atomic E-state index is 11.1. The van der Waals surface area contributed by atoms with E-state index < -0.39 is 48.5 Å². The Kier molecular flexibility index (Phi) is 6.59. The van der Waals surface area contributed by atoms with Gasteiger partial charge in [-0.25, -0.2) is 4.79 Å². The molecule has 10 heteroatoms. The molecule has 5 N–H and O–H groups in total. The van der Waals surface area contributed by atoms with E-state index in [4.69, 9.17) is 20.4 Å². The highest BCUT2D eigenvalue weighted by atomic mass is 16.4. The van der Waals surface area contributed by atoms with Gasteiger partial charge in [0.1, 0.15) is 12.1 Å². The highest BCUT2D eigenvalue weighted by Gasteiger charge is 2.42. The average Bonchev–Trinajstić information content (AvgIpc) is 2.31. The van der Waals surface area contributed by atoms with Gasteiger partial charge in [-0.1, -0.05) is 6.92 Å². The van der Waals surface area contributed by atoms with Crippen LogP contribution in [0.5, 0.6) is 0 Å². The van der Waals surface area contributed by atoms with Gasteiger partial charge in [-0.3, -0.25) is 19.3 Å². The smallest absolute Gasteiger partial charge is 0.334 e. The molecule has 3 atom stereocenters. The van der Waals surface area contributed by atoms with Crippen molar-refractivity contribution >= 4 is 23.9 Å². The lowest BCUT2D eigenvalue weighted by Gasteiger charge is -2.33. The molecule has 0 aliphatic rings. The van der Waals surface area contributed by atoms with Crippen molar-refractivity contribution in [2.24, 2.45) is 0 Å². The number of likely N-dealkylation sites (N-methyl/N-ethyl adjacent to an activating group) is 1. The number of carbonyl (C=O) groups is 4. The van der Waals surface area contributed by atoms with Gasteiger partial charge in [-0.2, -0.15) is 0 Å². The number of hydrogen-bond acceptors (Lipinski definition) is 6. The summed E-state index contributed by atoms with van der Waals surface area (Å²) < 4.78 is 0. The first kappa shape index (κ1) is 17.8. The summed E-state index contributed by atoms with van der Waals surface area (Å²) in [7, 11) is 0. The van der Waals surface area contributed by atoms with Gasteiger partial charge in [0, 0.05) is 0 Å². The topological polar surface area (TPSA) is 173 Å². The zero-order valence-corrected chi connectivity index (χ0v) is 10.5. The van der Waals surface area contributed by atoms with E-state index in [1.165, 1.54) is 6.92 Å². The van der Waals surface area contributed by atoms with Crippen molar-refractivity contribution in [3.63, 3.8) is 0 Å². The molecule has 0 amide bonds. The Bertz CT molecular complexity index is 408. The van der Waals surface area contributed by atoms with Gasteiger partial charge in [0.2, 0.25) is 0 Å². The van der Waals surface area contributed by atoms with Crippen LogP contribution in [0, 0.1) is 0 Å². The number of carboxylic acids is 4. The SMILES string of the molecule is CCN(C(CC(=O)O)C(=O)O)C(C(=O)O)C(O)C(=O)O. The van der Waals surface area contributed by atoms with Crippen LogP contribution in [0.15, 0.2) is 0 Å². The molecule has 3 unspecified atom stereocenters. The first-order valence-corrected chi connectivity index (χ1v) is 5.47. The summed E-state index contributed by atoms with van der Waals surface area (Å²) >= 11 is 0. The van der Waals surface area contributed by atoms with E-state index in [9.17, 15) is 24.3 Å². The molecule has 0 aliphatic heterocycles. The highest BCUT2D eigenvalue weighted by molar-refractivity contribution is 5.86. The molecule has 10 nitrogen and oxygen atoms in total. The van der Waals surface area contributed by atoms with Crippen LogP contribution in [-0.4, -0.2) is 79.0 Å². The molecule has 20 heavy (non-hydrogen) atoms. The standard InChI is InChI=1S/C10H15NO9/c1-2-11(4(8(15)16)3-5(12)13)6(9(17)18)7(14)10(19)20/h4,6-7,14H,2-3H2,1H3,(H,12,13)(H,15,16)(H,17,18)(H,19,20). The fourth-order valence-corrected chi connectivity index (χ4v) is 1.72. The molecule has 0 saturated heterocycles. The van der Waals surface area contributed by atoms with Crippen molar-refractivity contribution in [3.8, 4) is 0 Å². The lowest BCUT2D eigenvalue weighted by Crippen LogP contribution is -2.57. The quantitative estimate of drug-likeness (QED) is 0.324. The van der Waals surface area contributed by atoms with E-state index in [0.29, 0.717) is 4.90 Å². The summed E-state index contributed by atoms with van der Waals surface area (Å²) in [5.74, 6) is -6.74. The molecule has 0 spiro atoms. The molecular formula is C10H15NO9. The third kappa shape index (κ3) is 4.48. The van der Waals surface area contributed by atoms with Crippen LogP contribution in [0.3, 0.4) is 0 Å². The molecule has 114 valence electrons. The van der Waals surface area contributed by atoms with Crippen molar-refractivity contribution in [1.82, 2.24) is 4.90 Å². The van der Waals surface area contributed by atoms with E-state index in [0.717, 1.165) is 0 Å². The maximum Gasteiger partial charge on any atom is 0.334 e. The third-order valence-corrected chi connectivity index (χ3v) is 2.58. The minimum absolute atomic E-state index is 0.272. The maximum absolute atomic E-state index is 11.1. The minimum atomic E-state index is -2.39. The minimum Gasteiger partial charge on any atom is -0.481 e. The summed E-state index contributed by atoms with van der Waals surface area (Å²) in [6.45, 7) is 1.05. The molecule has 0 fully saturated rings. The second-order valence-corrected chi connectivity index (χ2v) is 3.85. The molecule has 0 aromatic carbocycles. The lowest BCUT2D eigenvalue weighted by atomic mass is 10.0. The van der Waals surface area contributed by atoms with Crippen LogP contribution < -0.4 is 0 Å². The van der Waals surface area contributed by atoms with Crippen molar-refractivity contribution in [1.29, 1.82) is 0 Å². The second kappa shape index (κ2) is 7.40. The van der Waals surface area contributed by atoms with Gasteiger partial charge >= 0.3 is 23.9 Å². The monoisotopic (exact) mass is 293 g/mol. The first-order valence-electron chi connectivity index (χ1n) is 5.47. The van der Waals surface area contributed by atoms with Crippen LogP contribution in [0.4, 0.5) is 0 Å². The molecule has 0 heterocycles. The van der Waals surface area contributed by atoms with Crippen LogP contribution in [0.25, 0.3) is 0 Å². The Labute approximate surface area is 112 Å². The number of aliphatic hydroxyl groups is 1. The van der Waals surface area contributed by atoms with Crippen molar-refractivity contribution < 1.29 is 44.7 Å². The van der Waals surface area contributed by atoms with Gasteiger partial charge in [0.05, 0.1) is 6.42 Å². The number of rotatable bonds is 9. The Morgan fingerprint density at radius 1 is 0.950 bits per heavy atom. The number of hydrogen-bond donors (Lipinski definition) is 5. The number of aliphatic hydroxyl groups excluding tert-OH is 1. The zero-order chi connectivity index (χ0) is 16.0. The molecular weight excluding hydrogens is 278 g/mol. The van der Waals surface area contributed by atoms with Gasteiger partial charge in [0.15, 0.2) is 6.10 Å². The summed E-state index contributed by atoms with van der Waals surface area (Å²) in [5.41, 5.74) is 0. The van der Waals surface area contributed by atoms with Crippen molar-refractivity contribution in [2.45, 2.75) is 31.5 Å². The molecule has 0 saturated carbocycles. The predicted octanol–water partition coefficient (Wildman–Crippen LogP) is -1.87. The lowest BCUT2D eigenvalue weighted by molar-refractivity contribution is -0.167. The highest BCUT2D eigenvalue weighted by Crippen LogP contribution is 2.14. The molecule has 0 aromatic heterocycles. The Balaban J connectivity index is 5.53. The fraction of sp³-hybridized carbons (Fsp3) is 0.600. The third-order valence-electron chi connectivity index (χ3n) is 2.58. The van der Waals surface area contributed by atoms with E-state index in [-0.39, 0.29) is 6.54 Å². The normalized spacial score (nSPS) is 15.3. The molecule has 0 radical (unpaired) electrons. The Morgan fingerprint density at radius 3 is 1.70 bits per heavy atom. The zero-order valence-electron chi connectivity index (χ0n) is 10.5. The van der Waals surface area contributed by atoms with E-state index in [1.54, 1.807) is 0 Å². The summed E-state index contributed by atoms with van der Waals surface area (Å²) in [5, 5.41) is 44.5. The summed E-state index contributed by atoms with van der Waals surface area (Å²) in [4.78, 5) is 44.0. The van der Waals surface area contributed by atoms with Gasteiger partial charge < -0.3 is 25.5 Å². The van der Waals surface area contributed by atoms with E-state index in [1.807, 2.05) is 0 Å². The fourth-order valence-electron chi connectivity index (χ4n) is 1.72.